The highest BCUT2D eigenvalue weighted by molar-refractivity contribution is 7.11. The van der Waals surface area contributed by atoms with E-state index < -0.39 is 11.9 Å². The van der Waals surface area contributed by atoms with Gasteiger partial charge in [-0.2, -0.15) is 0 Å². The highest BCUT2D eigenvalue weighted by atomic mass is 35.5. The van der Waals surface area contributed by atoms with Crippen molar-refractivity contribution in [3.8, 4) is 0 Å². The van der Waals surface area contributed by atoms with E-state index in [-0.39, 0.29) is 23.8 Å². The lowest BCUT2D eigenvalue weighted by Crippen LogP contribution is -2.31. The molecule has 7 heteroatoms. The van der Waals surface area contributed by atoms with Gasteiger partial charge in [-0.3, -0.25) is 9.59 Å². The monoisotopic (exact) mass is 392 g/mol. The van der Waals surface area contributed by atoms with E-state index in [0.717, 1.165) is 11.3 Å². The third-order valence-electron chi connectivity index (χ3n) is 4.69. The highest BCUT2D eigenvalue weighted by Crippen LogP contribution is 2.36. The Kier molecular flexibility index (Phi) is 5.08. The van der Waals surface area contributed by atoms with Crippen LogP contribution in [0.2, 0.25) is 5.02 Å². The van der Waals surface area contributed by atoms with Gasteiger partial charge in [0, 0.05) is 29.4 Å². The molecule has 1 aromatic heterocycles. The second kappa shape index (κ2) is 7.00. The normalized spacial score (nSPS) is 20.4. The molecule has 0 unspecified atom stereocenters. The molecule has 1 N–H and O–H groups in total. The molecule has 1 saturated heterocycles. The van der Waals surface area contributed by atoms with Crippen LogP contribution in [0.4, 0.5) is 0 Å². The van der Waals surface area contributed by atoms with Gasteiger partial charge in [0.1, 0.15) is 4.88 Å². The Bertz CT molecular complexity index is 826. The number of carbonyl (C=O) groups is 2. The van der Waals surface area contributed by atoms with Crippen molar-refractivity contribution in [3.05, 3.63) is 50.9 Å². The van der Waals surface area contributed by atoms with Crippen LogP contribution in [0, 0.1) is 5.92 Å². The van der Waals surface area contributed by atoms with Gasteiger partial charge in [-0.05, 0) is 17.7 Å². The summed E-state index contributed by atoms with van der Waals surface area (Å²) in [4.78, 5) is 31.4. The number of nitrogens with zero attached hydrogens (tertiary/aromatic N) is 2. The summed E-state index contributed by atoms with van der Waals surface area (Å²) in [5.41, 5.74) is 3.08. The van der Waals surface area contributed by atoms with Crippen molar-refractivity contribution >= 4 is 34.8 Å². The number of aromatic nitrogens is 1. The first kappa shape index (κ1) is 18.9. The second-order valence-electron chi connectivity index (χ2n) is 7.59. The largest absolute Gasteiger partial charge is 0.481 e. The summed E-state index contributed by atoms with van der Waals surface area (Å²) in [6, 6.07) is 7.18. The van der Waals surface area contributed by atoms with E-state index >= 15 is 0 Å². The first-order valence-corrected chi connectivity index (χ1v) is 9.65. The topological polar surface area (TPSA) is 70.5 Å². The van der Waals surface area contributed by atoms with Gasteiger partial charge in [0.15, 0.2) is 0 Å². The number of hydrogen-bond donors (Lipinski definition) is 1. The number of hydrogen-bond acceptors (Lipinski definition) is 4. The maximum absolute atomic E-state index is 13.1. The number of carboxylic acid groups (broad SMARTS) is 1. The van der Waals surface area contributed by atoms with Crippen molar-refractivity contribution < 1.29 is 14.7 Å². The number of halogens is 1. The van der Waals surface area contributed by atoms with E-state index in [1.165, 1.54) is 11.3 Å². The maximum atomic E-state index is 13.1. The molecule has 0 aliphatic carbocycles. The standard InChI is InChI=1S/C19H21ClN2O3S/c1-19(2,3)16-15(26-10-21-16)17(23)22-8-13(14(9-22)18(24)25)11-4-6-12(20)7-5-11/h4-7,10,13-14H,8-9H2,1-3H3,(H,24,25)/t13-,14+/m0/s1. The van der Waals surface area contributed by atoms with Crippen LogP contribution in [0.15, 0.2) is 29.8 Å². The van der Waals surface area contributed by atoms with Gasteiger partial charge in [-0.1, -0.05) is 44.5 Å². The molecule has 1 amide bonds. The van der Waals surface area contributed by atoms with Crippen molar-refractivity contribution in [2.45, 2.75) is 32.1 Å². The Labute approximate surface area is 161 Å². The molecule has 1 aromatic carbocycles. The predicted octanol–water partition coefficient (Wildman–Crippen LogP) is 4.03. The quantitative estimate of drug-likeness (QED) is 0.855. The molecule has 1 aliphatic heterocycles. The molecular formula is C19H21ClN2O3S. The minimum atomic E-state index is -0.888. The molecule has 0 bridgehead atoms. The first-order chi connectivity index (χ1) is 12.2. The summed E-state index contributed by atoms with van der Waals surface area (Å²) < 4.78 is 0. The number of benzene rings is 1. The molecule has 2 aromatic rings. The van der Waals surface area contributed by atoms with Crippen molar-refractivity contribution in [1.82, 2.24) is 9.88 Å². The highest BCUT2D eigenvalue weighted by Gasteiger charge is 2.41. The van der Waals surface area contributed by atoms with Crippen LogP contribution < -0.4 is 0 Å². The number of likely N-dealkylation sites (tertiary alicyclic amines) is 1. The zero-order chi connectivity index (χ0) is 19.1. The third kappa shape index (κ3) is 3.62. The fourth-order valence-electron chi connectivity index (χ4n) is 3.34. The summed E-state index contributed by atoms with van der Waals surface area (Å²) in [7, 11) is 0. The van der Waals surface area contributed by atoms with Crippen molar-refractivity contribution in [2.75, 3.05) is 13.1 Å². The summed E-state index contributed by atoms with van der Waals surface area (Å²) in [6.45, 7) is 6.61. The fraction of sp³-hybridized carbons (Fsp3) is 0.421. The lowest BCUT2D eigenvalue weighted by atomic mass is 9.89. The lowest BCUT2D eigenvalue weighted by Gasteiger charge is -2.21. The van der Waals surface area contributed by atoms with Crippen molar-refractivity contribution in [3.63, 3.8) is 0 Å². The number of aliphatic carboxylic acids is 1. The van der Waals surface area contributed by atoms with Gasteiger partial charge in [0.05, 0.1) is 17.1 Å². The van der Waals surface area contributed by atoms with Crippen LogP contribution in [0.3, 0.4) is 0 Å². The zero-order valence-electron chi connectivity index (χ0n) is 14.9. The molecular weight excluding hydrogens is 372 g/mol. The molecule has 3 rings (SSSR count). The van der Waals surface area contributed by atoms with Crippen LogP contribution in [-0.2, 0) is 10.2 Å². The van der Waals surface area contributed by atoms with Crippen molar-refractivity contribution in [2.24, 2.45) is 5.92 Å². The molecule has 0 saturated carbocycles. The van der Waals surface area contributed by atoms with Crippen molar-refractivity contribution in [1.29, 1.82) is 0 Å². The summed E-state index contributed by atoms with van der Waals surface area (Å²) in [6.07, 6.45) is 0. The molecule has 26 heavy (non-hydrogen) atoms. The van der Waals surface area contributed by atoms with E-state index in [0.29, 0.717) is 16.4 Å². The Morgan fingerprint density at radius 1 is 1.23 bits per heavy atom. The minimum Gasteiger partial charge on any atom is -0.481 e. The van der Waals surface area contributed by atoms with Crippen LogP contribution in [-0.4, -0.2) is 40.0 Å². The van der Waals surface area contributed by atoms with E-state index in [1.807, 2.05) is 32.9 Å². The number of thiazole rings is 1. The van der Waals surface area contributed by atoms with Crippen LogP contribution in [0.5, 0.6) is 0 Å². The zero-order valence-corrected chi connectivity index (χ0v) is 16.5. The van der Waals surface area contributed by atoms with E-state index in [9.17, 15) is 14.7 Å². The first-order valence-electron chi connectivity index (χ1n) is 8.40. The number of rotatable bonds is 3. The summed E-state index contributed by atoms with van der Waals surface area (Å²) in [5, 5.41) is 10.2. The number of carbonyl (C=O) groups excluding carboxylic acids is 1. The number of amides is 1. The summed E-state index contributed by atoms with van der Waals surface area (Å²) in [5.74, 6) is -1.91. The molecule has 1 fully saturated rings. The lowest BCUT2D eigenvalue weighted by molar-refractivity contribution is -0.141. The Balaban J connectivity index is 1.88. The SMILES string of the molecule is CC(C)(C)c1ncsc1C(=O)N1C[C@@H](C(=O)O)[C@H](c2ccc(Cl)cc2)C1. The van der Waals surface area contributed by atoms with Gasteiger partial charge in [-0.15, -0.1) is 11.3 Å². The molecule has 2 atom stereocenters. The molecule has 5 nitrogen and oxygen atoms in total. The average Bonchev–Trinajstić information content (AvgIpc) is 3.22. The average molecular weight is 393 g/mol. The smallest absolute Gasteiger partial charge is 0.308 e. The van der Waals surface area contributed by atoms with Gasteiger partial charge in [-0.25, -0.2) is 4.98 Å². The van der Waals surface area contributed by atoms with Gasteiger partial charge in [0.2, 0.25) is 0 Å². The van der Waals surface area contributed by atoms with Crippen LogP contribution in [0.1, 0.15) is 47.6 Å². The minimum absolute atomic E-state index is 0.139. The Morgan fingerprint density at radius 2 is 1.88 bits per heavy atom. The molecule has 138 valence electrons. The van der Waals surface area contributed by atoms with Crippen LogP contribution in [0.25, 0.3) is 0 Å². The maximum Gasteiger partial charge on any atom is 0.308 e. The van der Waals surface area contributed by atoms with E-state index in [4.69, 9.17) is 11.6 Å². The number of carboxylic acids is 1. The summed E-state index contributed by atoms with van der Waals surface area (Å²) >= 11 is 7.25. The Hall–Kier alpha value is -1.92. The van der Waals surface area contributed by atoms with E-state index in [2.05, 4.69) is 4.98 Å². The predicted molar refractivity (Wildman–Crippen MR) is 102 cm³/mol. The van der Waals surface area contributed by atoms with E-state index in [1.54, 1.807) is 22.5 Å². The van der Waals surface area contributed by atoms with Gasteiger partial charge in [0.25, 0.3) is 5.91 Å². The Morgan fingerprint density at radius 3 is 2.46 bits per heavy atom. The molecule has 0 radical (unpaired) electrons. The third-order valence-corrected chi connectivity index (χ3v) is 5.76. The molecule has 0 spiro atoms. The molecule has 2 heterocycles. The second-order valence-corrected chi connectivity index (χ2v) is 8.88. The van der Waals surface area contributed by atoms with Crippen LogP contribution >= 0.6 is 22.9 Å². The molecule has 1 aliphatic rings. The fourth-order valence-corrected chi connectivity index (χ4v) is 4.43. The van der Waals surface area contributed by atoms with Gasteiger partial charge >= 0.3 is 5.97 Å². The van der Waals surface area contributed by atoms with Gasteiger partial charge < -0.3 is 10.0 Å².